The predicted molar refractivity (Wildman–Crippen MR) is 95.1 cm³/mol. The summed E-state index contributed by atoms with van der Waals surface area (Å²) in [4.78, 5) is 0. The zero-order valence-electron chi connectivity index (χ0n) is 14.5. The Morgan fingerprint density at radius 2 is 1.62 bits per heavy atom. The number of aryl methyl sites for hydroxylation is 1. The van der Waals surface area contributed by atoms with E-state index in [9.17, 15) is 0 Å². The second kappa shape index (κ2) is 11.8. The van der Waals surface area contributed by atoms with Crippen LogP contribution in [0.5, 0.6) is 0 Å². The molecule has 1 unspecified atom stereocenters. The van der Waals surface area contributed by atoms with Crippen molar-refractivity contribution in [2.45, 2.75) is 77.6 Å². The molecule has 120 valence electrons. The number of benzene rings is 1. The molecule has 0 saturated heterocycles. The molecule has 0 fully saturated rings. The van der Waals surface area contributed by atoms with Crippen molar-refractivity contribution in [1.29, 1.82) is 0 Å². The Balaban J connectivity index is 2.23. The number of hydrogen-bond acceptors (Lipinski definition) is 1. The zero-order valence-corrected chi connectivity index (χ0v) is 14.5. The lowest BCUT2D eigenvalue weighted by Crippen LogP contribution is -2.17. The molecule has 0 aliphatic heterocycles. The van der Waals surface area contributed by atoms with Gasteiger partial charge in [-0.3, -0.25) is 0 Å². The summed E-state index contributed by atoms with van der Waals surface area (Å²) in [5.41, 5.74) is 2.89. The van der Waals surface area contributed by atoms with Gasteiger partial charge < -0.3 is 5.32 Å². The van der Waals surface area contributed by atoms with Gasteiger partial charge in [0.05, 0.1) is 0 Å². The van der Waals surface area contributed by atoms with Gasteiger partial charge in [-0.05, 0) is 31.9 Å². The summed E-state index contributed by atoms with van der Waals surface area (Å²) in [5, 5.41) is 3.36. The van der Waals surface area contributed by atoms with E-state index in [0.717, 1.165) is 6.54 Å². The first-order chi connectivity index (χ1) is 10.3. The van der Waals surface area contributed by atoms with E-state index in [1.54, 1.807) is 0 Å². The Hall–Kier alpha value is -0.820. The highest BCUT2D eigenvalue weighted by molar-refractivity contribution is 5.25. The molecule has 1 atom stereocenters. The van der Waals surface area contributed by atoms with Gasteiger partial charge in [-0.2, -0.15) is 0 Å². The van der Waals surface area contributed by atoms with Crippen LogP contribution in [-0.4, -0.2) is 13.6 Å². The summed E-state index contributed by atoms with van der Waals surface area (Å²) in [5.74, 6) is 0.676. The molecular formula is C20H35N. The van der Waals surface area contributed by atoms with Crippen LogP contribution in [0.4, 0.5) is 0 Å². The molecule has 0 heterocycles. The third kappa shape index (κ3) is 8.26. The van der Waals surface area contributed by atoms with Crippen LogP contribution in [0.15, 0.2) is 24.3 Å². The monoisotopic (exact) mass is 289 g/mol. The molecule has 21 heavy (non-hydrogen) atoms. The predicted octanol–water partition coefficient (Wildman–Crippen LogP) is 5.83. The summed E-state index contributed by atoms with van der Waals surface area (Å²) in [7, 11) is 2.07. The maximum absolute atomic E-state index is 3.36. The number of likely N-dealkylation sites (N-methyl/N-ethyl adjacent to an activating group) is 1. The molecule has 0 spiro atoms. The maximum Gasteiger partial charge on any atom is 0.00171 e. The lowest BCUT2D eigenvalue weighted by atomic mass is 9.92. The Kier molecular flexibility index (Phi) is 10.2. The fourth-order valence-corrected chi connectivity index (χ4v) is 3.08. The largest absolute Gasteiger partial charge is 0.319 e. The quantitative estimate of drug-likeness (QED) is 0.477. The van der Waals surface area contributed by atoms with Gasteiger partial charge in [0.1, 0.15) is 0 Å². The average molecular weight is 290 g/mol. The van der Waals surface area contributed by atoms with Gasteiger partial charge in [-0.15, -0.1) is 0 Å². The van der Waals surface area contributed by atoms with Gasteiger partial charge >= 0.3 is 0 Å². The van der Waals surface area contributed by atoms with E-state index < -0.39 is 0 Å². The number of hydrogen-bond donors (Lipinski definition) is 1. The van der Waals surface area contributed by atoms with Crippen molar-refractivity contribution < 1.29 is 0 Å². The van der Waals surface area contributed by atoms with Gasteiger partial charge in [0.2, 0.25) is 0 Å². The van der Waals surface area contributed by atoms with Crippen molar-refractivity contribution >= 4 is 0 Å². The lowest BCUT2D eigenvalue weighted by molar-refractivity contribution is 0.516. The zero-order chi connectivity index (χ0) is 15.3. The van der Waals surface area contributed by atoms with E-state index in [1.165, 1.54) is 68.9 Å². The second-order valence-electron chi connectivity index (χ2n) is 6.43. The Bertz CT molecular complexity index is 359. The standard InChI is InChI=1S/C20H35N/c1-4-5-6-7-8-9-10-11-14-20(17-21-3)19-15-12-13-18(2)16-19/h12-13,15-16,20-21H,4-11,14,17H2,1-3H3. The highest BCUT2D eigenvalue weighted by Crippen LogP contribution is 2.23. The van der Waals surface area contributed by atoms with E-state index in [-0.39, 0.29) is 0 Å². The summed E-state index contributed by atoms with van der Waals surface area (Å²) in [6, 6.07) is 9.03. The molecule has 1 nitrogen and oxygen atoms in total. The molecular weight excluding hydrogens is 254 g/mol. The van der Waals surface area contributed by atoms with Crippen LogP contribution in [0, 0.1) is 6.92 Å². The van der Waals surface area contributed by atoms with E-state index in [2.05, 4.69) is 50.5 Å². The first-order valence-corrected chi connectivity index (χ1v) is 8.99. The number of unbranched alkanes of at least 4 members (excludes halogenated alkanes) is 7. The van der Waals surface area contributed by atoms with Crippen LogP contribution < -0.4 is 5.32 Å². The molecule has 0 aliphatic rings. The van der Waals surface area contributed by atoms with Gasteiger partial charge in [0.15, 0.2) is 0 Å². The summed E-state index contributed by atoms with van der Waals surface area (Å²) in [6.45, 7) is 5.57. The van der Waals surface area contributed by atoms with Crippen LogP contribution in [0.1, 0.15) is 81.8 Å². The van der Waals surface area contributed by atoms with Gasteiger partial charge in [-0.1, -0.05) is 88.1 Å². The smallest absolute Gasteiger partial charge is 0.00171 e. The minimum absolute atomic E-state index is 0.676. The highest BCUT2D eigenvalue weighted by atomic mass is 14.8. The highest BCUT2D eigenvalue weighted by Gasteiger charge is 2.10. The minimum atomic E-state index is 0.676. The van der Waals surface area contributed by atoms with Crippen molar-refractivity contribution in [3.63, 3.8) is 0 Å². The molecule has 1 rings (SSSR count). The second-order valence-corrected chi connectivity index (χ2v) is 6.43. The number of rotatable bonds is 12. The van der Waals surface area contributed by atoms with E-state index in [0.29, 0.717) is 5.92 Å². The first-order valence-electron chi connectivity index (χ1n) is 8.99. The Labute approximate surface area is 132 Å². The fourth-order valence-electron chi connectivity index (χ4n) is 3.08. The molecule has 0 saturated carbocycles. The SMILES string of the molecule is CCCCCCCCCCC(CNC)c1cccc(C)c1. The van der Waals surface area contributed by atoms with E-state index in [4.69, 9.17) is 0 Å². The average Bonchev–Trinajstić information content (AvgIpc) is 2.49. The van der Waals surface area contributed by atoms with Crippen LogP contribution in [-0.2, 0) is 0 Å². The molecule has 1 N–H and O–H groups in total. The molecule has 1 aromatic rings. The van der Waals surface area contributed by atoms with Crippen molar-refractivity contribution in [3.8, 4) is 0 Å². The van der Waals surface area contributed by atoms with Gasteiger partial charge in [-0.25, -0.2) is 0 Å². The third-order valence-electron chi connectivity index (χ3n) is 4.37. The van der Waals surface area contributed by atoms with E-state index in [1.807, 2.05) is 0 Å². The Morgan fingerprint density at radius 1 is 0.952 bits per heavy atom. The normalized spacial score (nSPS) is 12.5. The van der Waals surface area contributed by atoms with Gasteiger partial charge in [0, 0.05) is 6.54 Å². The van der Waals surface area contributed by atoms with Crippen LogP contribution in [0.3, 0.4) is 0 Å². The molecule has 1 aromatic carbocycles. The van der Waals surface area contributed by atoms with Crippen molar-refractivity contribution in [2.75, 3.05) is 13.6 Å². The minimum Gasteiger partial charge on any atom is -0.319 e. The number of nitrogens with one attached hydrogen (secondary N) is 1. The van der Waals surface area contributed by atoms with E-state index >= 15 is 0 Å². The summed E-state index contributed by atoms with van der Waals surface area (Å²) >= 11 is 0. The first kappa shape index (κ1) is 18.2. The molecule has 0 amide bonds. The van der Waals surface area contributed by atoms with Crippen molar-refractivity contribution in [2.24, 2.45) is 0 Å². The Morgan fingerprint density at radius 3 is 2.24 bits per heavy atom. The molecule has 0 aromatic heterocycles. The fraction of sp³-hybridized carbons (Fsp3) is 0.700. The van der Waals surface area contributed by atoms with Crippen molar-refractivity contribution in [3.05, 3.63) is 35.4 Å². The van der Waals surface area contributed by atoms with Crippen LogP contribution in [0.25, 0.3) is 0 Å². The maximum atomic E-state index is 3.36. The molecule has 1 heteroatoms. The van der Waals surface area contributed by atoms with Crippen molar-refractivity contribution in [1.82, 2.24) is 5.32 Å². The molecule has 0 radical (unpaired) electrons. The topological polar surface area (TPSA) is 12.0 Å². The van der Waals surface area contributed by atoms with Crippen LogP contribution in [0.2, 0.25) is 0 Å². The summed E-state index contributed by atoms with van der Waals surface area (Å²) < 4.78 is 0. The van der Waals surface area contributed by atoms with Crippen LogP contribution >= 0.6 is 0 Å². The third-order valence-corrected chi connectivity index (χ3v) is 4.37. The summed E-state index contributed by atoms with van der Waals surface area (Å²) in [6.07, 6.45) is 12.6. The molecule has 0 bridgehead atoms. The van der Waals surface area contributed by atoms with Gasteiger partial charge in [0.25, 0.3) is 0 Å². The molecule has 0 aliphatic carbocycles. The lowest BCUT2D eigenvalue weighted by Gasteiger charge is -2.17.